The van der Waals surface area contributed by atoms with E-state index in [-0.39, 0.29) is 0 Å². The van der Waals surface area contributed by atoms with Crippen LogP contribution in [0.3, 0.4) is 0 Å². The molecule has 1 aromatic carbocycles. The zero-order chi connectivity index (χ0) is 14.2. The third kappa shape index (κ3) is 11.5. The van der Waals surface area contributed by atoms with Gasteiger partial charge < -0.3 is 10.4 Å². The topological polar surface area (TPSA) is 86.6 Å². The Hall–Kier alpha value is -0.950. The van der Waals surface area contributed by atoms with Crippen molar-refractivity contribution < 1.29 is 18.1 Å². The van der Waals surface area contributed by atoms with E-state index in [2.05, 4.69) is 19.2 Å². The zero-order valence-corrected chi connectivity index (χ0v) is 11.7. The van der Waals surface area contributed by atoms with Gasteiger partial charge in [0.2, 0.25) is 0 Å². The summed E-state index contributed by atoms with van der Waals surface area (Å²) in [5, 5.41) is 12.9. The van der Waals surface area contributed by atoms with Crippen LogP contribution in [-0.2, 0) is 10.1 Å². The summed E-state index contributed by atoms with van der Waals surface area (Å²) in [4.78, 5) is 0. The second-order valence-corrected chi connectivity index (χ2v) is 5.69. The second kappa shape index (κ2) is 8.20. The van der Waals surface area contributed by atoms with E-state index in [4.69, 9.17) is 4.55 Å². The molecule has 0 fully saturated rings. The number of hydrogen-bond acceptors (Lipinski definition) is 4. The van der Waals surface area contributed by atoms with E-state index in [1.165, 1.54) is 0 Å². The quantitative estimate of drug-likeness (QED) is 0.719. The van der Waals surface area contributed by atoms with Crippen molar-refractivity contribution >= 4 is 10.1 Å². The normalized spacial score (nSPS) is 12.8. The summed E-state index contributed by atoms with van der Waals surface area (Å²) in [6.07, 6.45) is 0.316. The molecule has 0 aliphatic carbocycles. The molecule has 3 N–H and O–H groups in total. The molecule has 104 valence electrons. The zero-order valence-electron chi connectivity index (χ0n) is 10.9. The molecule has 0 saturated carbocycles. The summed E-state index contributed by atoms with van der Waals surface area (Å²) < 4.78 is 25.9. The molecule has 0 aliphatic heterocycles. The predicted molar refractivity (Wildman–Crippen MR) is 72.0 cm³/mol. The van der Waals surface area contributed by atoms with Gasteiger partial charge in [0, 0.05) is 12.6 Å². The molecule has 0 bridgehead atoms. The van der Waals surface area contributed by atoms with E-state index >= 15 is 0 Å². The van der Waals surface area contributed by atoms with Gasteiger partial charge in [0.1, 0.15) is 0 Å². The van der Waals surface area contributed by atoms with Crippen molar-refractivity contribution in [3.63, 3.8) is 0 Å². The second-order valence-electron chi connectivity index (χ2n) is 4.22. The number of aliphatic hydroxyl groups is 1. The molecule has 0 aromatic heterocycles. The van der Waals surface area contributed by atoms with E-state index in [0.29, 0.717) is 18.8 Å². The van der Waals surface area contributed by atoms with Crippen molar-refractivity contribution in [1.82, 2.24) is 5.32 Å². The van der Waals surface area contributed by atoms with E-state index in [0.717, 1.165) is 5.56 Å². The summed E-state index contributed by atoms with van der Waals surface area (Å²) in [5.74, 6) is 0. The fourth-order valence-electron chi connectivity index (χ4n) is 1.14. The fraction of sp³-hybridized carbons (Fsp3) is 0.500. The molecule has 0 spiro atoms. The fourth-order valence-corrected chi connectivity index (χ4v) is 1.14. The van der Waals surface area contributed by atoms with Crippen molar-refractivity contribution in [2.24, 2.45) is 0 Å². The molecular formula is C12H21NO4S. The van der Waals surface area contributed by atoms with Crippen LogP contribution in [0, 0.1) is 0 Å². The minimum Gasteiger partial charge on any atom is -0.387 e. The summed E-state index contributed by atoms with van der Waals surface area (Å²) in [5.41, 5.74) is 0.968. The number of rotatable bonds is 4. The smallest absolute Gasteiger partial charge is 0.261 e. The first kappa shape index (κ1) is 17.1. The minimum atomic E-state index is -3.67. The molecule has 0 radical (unpaired) electrons. The van der Waals surface area contributed by atoms with E-state index in [9.17, 15) is 13.5 Å². The number of aliphatic hydroxyl groups excluding tert-OH is 1. The lowest BCUT2D eigenvalue weighted by Gasteiger charge is -2.13. The first-order chi connectivity index (χ1) is 8.20. The maximum atomic E-state index is 9.71. The van der Waals surface area contributed by atoms with E-state index < -0.39 is 16.2 Å². The predicted octanol–water partition coefficient (Wildman–Crippen LogP) is 1.22. The van der Waals surface area contributed by atoms with Crippen LogP contribution in [0.4, 0.5) is 0 Å². The average molecular weight is 275 g/mol. The lowest BCUT2D eigenvalue weighted by Crippen LogP contribution is -2.27. The highest BCUT2D eigenvalue weighted by atomic mass is 32.2. The SMILES string of the molecule is CC(C)NCC(O)c1ccccc1.CS(=O)(=O)O. The van der Waals surface area contributed by atoms with Crippen LogP contribution in [0.5, 0.6) is 0 Å². The highest BCUT2D eigenvalue weighted by Gasteiger charge is 2.05. The van der Waals surface area contributed by atoms with Crippen molar-refractivity contribution in [3.8, 4) is 0 Å². The Morgan fingerprint density at radius 1 is 1.22 bits per heavy atom. The van der Waals surface area contributed by atoms with Crippen LogP contribution in [-0.4, -0.2) is 36.9 Å². The molecule has 1 atom stereocenters. The molecule has 1 rings (SSSR count). The first-order valence-electron chi connectivity index (χ1n) is 5.59. The number of benzene rings is 1. The lowest BCUT2D eigenvalue weighted by molar-refractivity contribution is 0.171. The van der Waals surface area contributed by atoms with Gasteiger partial charge in [0.05, 0.1) is 12.4 Å². The monoisotopic (exact) mass is 275 g/mol. The van der Waals surface area contributed by atoms with Crippen molar-refractivity contribution in [1.29, 1.82) is 0 Å². The molecule has 1 aromatic rings. The third-order valence-electron chi connectivity index (χ3n) is 1.90. The highest BCUT2D eigenvalue weighted by molar-refractivity contribution is 7.85. The van der Waals surface area contributed by atoms with Crippen LogP contribution in [0.25, 0.3) is 0 Å². The van der Waals surface area contributed by atoms with Gasteiger partial charge in [-0.25, -0.2) is 0 Å². The standard InChI is InChI=1S/C11H17NO.CH4O3S/c1-9(2)12-8-11(13)10-6-4-3-5-7-10;1-5(2,3)4/h3-7,9,11-13H,8H2,1-2H3;1H3,(H,2,3,4). The Bertz CT molecular complexity index is 409. The molecule has 0 amide bonds. The van der Waals surface area contributed by atoms with E-state index in [1.807, 2.05) is 30.3 Å². The Balaban J connectivity index is 0.000000494. The minimum absolute atomic E-state index is 0.399. The summed E-state index contributed by atoms with van der Waals surface area (Å²) in [6, 6.07) is 10.1. The maximum absolute atomic E-state index is 9.71. The van der Waals surface area contributed by atoms with Gasteiger partial charge in [-0.3, -0.25) is 4.55 Å². The third-order valence-corrected chi connectivity index (χ3v) is 1.90. The Morgan fingerprint density at radius 3 is 2.06 bits per heavy atom. The molecule has 1 unspecified atom stereocenters. The lowest BCUT2D eigenvalue weighted by atomic mass is 10.1. The average Bonchev–Trinajstić information content (AvgIpc) is 2.25. The first-order valence-corrected chi connectivity index (χ1v) is 7.44. The Labute approximate surface area is 109 Å². The molecule has 0 saturated heterocycles. The summed E-state index contributed by atoms with van der Waals surface area (Å²) >= 11 is 0. The van der Waals surface area contributed by atoms with Gasteiger partial charge in [-0.2, -0.15) is 8.42 Å². The molecule has 6 heteroatoms. The van der Waals surface area contributed by atoms with Crippen LogP contribution < -0.4 is 5.32 Å². The van der Waals surface area contributed by atoms with Crippen LogP contribution >= 0.6 is 0 Å². The maximum Gasteiger partial charge on any atom is 0.261 e. The number of nitrogens with one attached hydrogen (secondary N) is 1. The molecule has 5 nitrogen and oxygen atoms in total. The largest absolute Gasteiger partial charge is 0.387 e. The van der Waals surface area contributed by atoms with Gasteiger partial charge in [-0.15, -0.1) is 0 Å². The van der Waals surface area contributed by atoms with Gasteiger partial charge in [0.25, 0.3) is 10.1 Å². The van der Waals surface area contributed by atoms with Crippen LogP contribution in [0.2, 0.25) is 0 Å². The van der Waals surface area contributed by atoms with Gasteiger partial charge in [-0.05, 0) is 5.56 Å². The molecule has 0 aliphatic rings. The van der Waals surface area contributed by atoms with Gasteiger partial charge in [-0.1, -0.05) is 44.2 Å². The van der Waals surface area contributed by atoms with Crippen molar-refractivity contribution in [2.75, 3.05) is 12.8 Å². The Kier molecular flexibility index (Phi) is 7.77. The number of hydrogen-bond donors (Lipinski definition) is 3. The van der Waals surface area contributed by atoms with Crippen LogP contribution in [0.15, 0.2) is 30.3 Å². The van der Waals surface area contributed by atoms with E-state index in [1.54, 1.807) is 0 Å². The van der Waals surface area contributed by atoms with Crippen molar-refractivity contribution in [3.05, 3.63) is 35.9 Å². The highest BCUT2D eigenvalue weighted by Crippen LogP contribution is 2.10. The molecular weight excluding hydrogens is 254 g/mol. The van der Waals surface area contributed by atoms with Crippen LogP contribution in [0.1, 0.15) is 25.5 Å². The summed E-state index contributed by atoms with van der Waals surface area (Å²) in [6.45, 7) is 4.75. The van der Waals surface area contributed by atoms with Gasteiger partial charge >= 0.3 is 0 Å². The molecule has 18 heavy (non-hydrogen) atoms. The molecule has 0 heterocycles. The summed E-state index contributed by atoms with van der Waals surface area (Å²) in [7, 11) is -3.67. The van der Waals surface area contributed by atoms with Crippen molar-refractivity contribution in [2.45, 2.75) is 26.0 Å². The van der Waals surface area contributed by atoms with Gasteiger partial charge in [0.15, 0.2) is 0 Å². The Morgan fingerprint density at radius 2 is 1.67 bits per heavy atom.